The summed E-state index contributed by atoms with van der Waals surface area (Å²) in [7, 11) is 0. The van der Waals surface area contributed by atoms with E-state index in [4.69, 9.17) is 0 Å². The fourth-order valence-electron chi connectivity index (χ4n) is 4.98. The number of carbonyl (C=O) groups excluding carboxylic acids is 3. The number of hydrogen-bond donors (Lipinski definition) is 2. The molecule has 1 saturated heterocycles. The quantitative estimate of drug-likeness (QED) is 0.557. The molecule has 2 N–H and O–H groups in total. The highest BCUT2D eigenvalue weighted by Crippen LogP contribution is 2.40. The Morgan fingerprint density at radius 1 is 0.921 bits per heavy atom. The summed E-state index contributed by atoms with van der Waals surface area (Å²) in [5.74, 6) is -0.638. The Morgan fingerprint density at radius 2 is 1.66 bits per heavy atom. The second-order valence-corrected chi connectivity index (χ2v) is 9.67. The number of nitrogens with one attached hydrogen (secondary N) is 2. The highest BCUT2D eigenvalue weighted by molar-refractivity contribution is 6.12. The molecule has 0 saturated carbocycles. The van der Waals surface area contributed by atoms with E-state index < -0.39 is 6.04 Å². The lowest BCUT2D eigenvalue weighted by atomic mass is 9.98. The Morgan fingerprint density at radius 3 is 2.39 bits per heavy atom. The van der Waals surface area contributed by atoms with Crippen LogP contribution in [0.4, 0.5) is 11.4 Å². The molecule has 3 aromatic carbocycles. The number of amides is 3. The first-order valence-electron chi connectivity index (χ1n) is 12.8. The maximum atomic E-state index is 14.0. The standard InChI is InChI=1S/C30H29N5O3/c1-20-3-7-22(8-4-20)27-18-28(36)33-25-17-24(29(37)34-15-2-13-32-14-16-34)11-12-26(25)35(27)30(38)23-9-5-21(19-31)6-10-23/h3-12,17,27,32H,2,13-16,18H2,1H3,(H,33,36). The molecule has 0 aromatic heterocycles. The third-order valence-corrected chi connectivity index (χ3v) is 7.04. The summed E-state index contributed by atoms with van der Waals surface area (Å²) in [6.45, 7) is 4.86. The van der Waals surface area contributed by atoms with Crippen molar-refractivity contribution in [1.29, 1.82) is 5.26 Å². The molecular formula is C30H29N5O3. The van der Waals surface area contributed by atoms with Gasteiger partial charge < -0.3 is 15.5 Å². The largest absolute Gasteiger partial charge is 0.337 e. The molecule has 1 atom stereocenters. The van der Waals surface area contributed by atoms with Gasteiger partial charge in [0.1, 0.15) is 0 Å². The lowest BCUT2D eigenvalue weighted by Crippen LogP contribution is -2.35. The molecule has 2 aliphatic heterocycles. The smallest absolute Gasteiger partial charge is 0.258 e. The molecule has 5 rings (SSSR count). The van der Waals surface area contributed by atoms with E-state index in [1.165, 1.54) is 0 Å². The third-order valence-electron chi connectivity index (χ3n) is 7.04. The highest BCUT2D eigenvalue weighted by Gasteiger charge is 2.35. The van der Waals surface area contributed by atoms with Crippen LogP contribution in [-0.2, 0) is 4.79 Å². The molecule has 3 aromatic rings. The molecule has 8 nitrogen and oxygen atoms in total. The second kappa shape index (κ2) is 10.9. The number of fused-ring (bicyclic) bond motifs is 1. The molecule has 1 fully saturated rings. The van der Waals surface area contributed by atoms with Crippen molar-refractivity contribution < 1.29 is 14.4 Å². The van der Waals surface area contributed by atoms with E-state index in [0.717, 1.165) is 30.6 Å². The maximum Gasteiger partial charge on any atom is 0.258 e. The SMILES string of the molecule is Cc1ccc(C2CC(=O)Nc3cc(C(=O)N4CCCNCC4)ccc3N2C(=O)c2ccc(C#N)cc2)cc1. The van der Waals surface area contributed by atoms with Crippen LogP contribution < -0.4 is 15.5 Å². The fraction of sp³-hybridized carbons (Fsp3) is 0.267. The van der Waals surface area contributed by atoms with Gasteiger partial charge in [-0.25, -0.2) is 0 Å². The van der Waals surface area contributed by atoms with Crippen molar-refractivity contribution >= 4 is 29.1 Å². The van der Waals surface area contributed by atoms with Crippen LogP contribution >= 0.6 is 0 Å². The number of hydrogen-bond acceptors (Lipinski definition) is 5. The number of carbonyl (C=O) groups is 3. The maximum absolute atomic E-state index is 14.0. The van der Waals surface area contributed by atoms with E-state index in [1.807, 2.05) is 36.1 Å². The van der Waals surface area contributed by atoms with Gasteiger partial charge in [-0.15, -0.1) is 0 Å². The topological polar surface area (TPSA) is 106 Å². The van der Waals surface area contributed by atoms with Gasteiger partial charge >= 0.3 is 0 Å². The lowest BCUT2D eigenvalue weighted by molar-refractivity contribution is -0.116. The number of aryl methyl sites for hydroxylation is 1. The molecule has 0 bridgehead atoms. The first kappa shape index (κ1) is 25.2. The average Bonchev–Trinajstić information content (AvgIpc) is 3.30. The van der Waals surface area contributed by atoms with E-state index >= 15 is 0 Å². The van der Waals surface area contributed by atoms with Gasteiger partial charge in [0, 0.05) is 30.8 Å². The van der Waals surface area contributed by atoms with Crippen LogP contribution in [-0.4, -0.2) is 48.8 Å². The molecule has 3 amide bonds. The summed E-state index contributed by atoms with van der Waals surface area (Å²) in [5, 5.41) is 15.4. The molecular weight excluding hydrogens is 478 g/mol. The van der Waals surface area contributed by atoms with Crippen LogP contribution in [0, 0.1) is 18.3 Å². The van der Waals surface area contributed by atoms with Crippen molar-refractivity contribution in [2.45, 2.75) is 25.8 Å². The Bertz CT molecular complexity index is 1400. The summed E-state index contributed by atoms with van der Waals surface area (Å²) in [6, 6.07) is 20.9. The summed E-state index contributed by atoms with van der Waals surface area (Å²) in [4.78, 5) is 43.9. The summed E-state index contributed by atoms with van der Waals surface area (Å²) in [5.41, 5.74) is 4.16. The van der Waals surface area contributed by atoms with Gasteiger partial charge in [-0.05, 0) is 67.9 Å². The van der Waals surface area contributed by atoms with Gasteiger partial charge in [0.15, 0.2) is 0 Å². The van der Waals surface area contributed by atoms with Gasteiger partial charge in [-0.2, -0.15) is 5.26 Å². The Labute approximate surface area is 221 Å². The van der Waals surface area contributed by atoms with Crippen molar-refractivity contribution in [3.63, 3.8) is 0 Å². The molecule has 1 unspecified atom stereocenters. The summed E-state index contributed by atoms with van der Waals surface area (Å²) < 4.78 is 0. The van der Waals surface area contributed by atoms with Crippen molar-refractivity contribution in [2.24, 2.45) is 0 Å². The van der Waals surface area contributed by atoms with Crippen LogP contribution in [0.3, 0.4) is 0 Å². The lowest BCUT2D eigenvalue weighted by Gasteiger charge is -2.31. The number of benzene rings is 3. The van der Waals surface area contributed by atoms with Crippen molar-refractivity contribution in [2.75, 3.05) is 36.4 Å². The van der Waals surface area contributed by atoms with Crippen molar-refractivity contribution in [3.8, 4) is 6.07 Å². The molecule has 2 heterocycles. The van der Waals surface area contributed by atoms with E-state index in [1.54, 1.807) is 47.4 Å². The number of anilines is 2. The molecule has 38 heavy (non-hydrogen) atoms. The Kier molecular flexibility index (Phi) is 7.20. The molecule has 8 heteroatoms. The van der Waals surface area contributed by atoms with E-state index in [9.17, 15) is 19.6 Å². The minimum absolute atomic E-state index is 0.0564. The van der Waals surface area contributed by atoms with E-state index in [-0.39, 0.29) is 24.1 Å². The normalized spacial score (nSPS) is 17.5. The fourth-order valence-corrected chi connectivity index (χ4v) is 4.98. The van der Waals surface area contributed by atoms with Gasteiger partial charge in [-0.3, -0.25) is 19.3 Å². The van der Waals surface area contributed by atoms with Gasteiger partial charge in [0.25, 0.3) is 11.8 Å². The zero-order valence-corrected chi connectivity index (χ0v) is 21.2. The summed E-state index contributed by atoms with van der Waals surface area (Å²) >= 11 is 0. The Hall–Kier alpha value is -4.48. The van der Waals surface area contributed by atoms with Crippen LogP contribution in [0.1, 0.15) is 56.3 Å². The molecule has 0 spiro atoms. The number of rotatable bonds is 3. The third kappa shape index (κ3) is 5.15. The second-order valence-electron chi connectivity index (χ2n) is 9.67. The van der Waals surface area contributed by atoms with Crippen molar-refractivity contribution in [3.05, 3.63) is 94.5 Å². The predicted octanol–water partition coefficient (Wildman–Crippen LogP) is 4.03. The van der Waals surface area contributed by atoms with Gasteiger partial charge in [0.05, 0.1) is 35.5 Å². The van der Waals surface area contributed by atoms with Crippen LogP contribution in [0.25, 0.3) is 0 Å². The number of nitriles is 1. The predicted molar refractivity (Wildman–Crippen MR) is 145 cm³/mol. The monoisotopic (exact) mass is 507 g/mol. The molecule has 0 aliphatic carbocycles. The highest BCUT2D eigenvalue weighted by atomic mass is 16.2. The first-order valence-corrected chi connectivity index (χ1v) is 12.8. The summed E-state index contributed by atoms with van der Waals surface area (Å²) in [6.07, 6.45) is 0.930. The number of nitrogens with zero attached hydrogens (tertiary/aromatic N) is 3. The van der Waals surface area contributed by atoms with Crippen LogP contribution in [0.5, 0.6) is 0 Å². The zero-order chi connectivity index (χ0) is 26.6. The minimum Gasteiger partial charge on any atom is -0.337 e. The minimum atomic E-state index is -0.557. The van der Waals surface area contributed by atoms with E-state index in [2.05, 4.69) is 16.7 Å². The Balaban J connectivity index is 1.58. The average molecular weight is 508 g/mol. The first-order chi connectivity index (χ1) is 18.4. The van der Waals surface area contributed by atoms with Gasteiger partial charge in [0.2, 0.25) is 5.91 Å². The van der Waals surface area contributed by atoms with E-state index in [0.29, 0.717) is 41.2 Å². The van der Waals surface area contributed by atoms with Crippen LogP contribution in [0.15, 0.2) is 66.7 Å². The van der Waals surface area contributed by atoms with Crippen molar-refractivity contribution in [1.82, 2.24) is 10.2 Å². The van der Waals surface area contributed by atoms with Crippen LogP contribution in [0.2, 0.25) is 0 Å². The molecule has 192 valence electrons. The van der Waals surface area contributed by atoms with Gasteiger partial charge in [-0.1, -0.05) is 29.8 Å². The zero-order valence-electron chi connectivity index (χ0n) is 21.2. The molecule has 0 radical (unpaired) electrons. The molecule has 2 aliphatic rings.